The number of hydrogen-bond acceptors (Lipinski definition) is 4. The molecule has 0 bridgehead atoms. The first-order valence-corrected chi connectivity index (χ1v) is 9.07. The molecule has 136 valence electrons. The van der Waals surface area contributed by atoms with E-state index in [0.717, 1.165) is 48.7 Å². The van der Waals surface area contributed by atoms with E-state index < -0.39 is 0 Å². The molecule has 0 unspecified atom stereocenters. The van der Waals surface area contributed by atoms with E-state index in [0.29, 0.717) is 6.42 Å². The number of benzene rings is 2. The van der Waals surface area contributed by atoms with E-state index in [4.69, 9.17) is 0 Å². The maximum absolute atomic E-state index is 12.3. The van der Waals surface area contributed by atoms with Gasteiger partial charge in [-0.05, 0) is 42.7 Å². The van der Waals surface area contributed by atoms with Crippen LogP contribution in [0.25, 0.3) is 0 Å². The number of nitrogens with zero attached hydrogens (tertiary/aromatic N) is 2. The summed E-state index contributed by atoms with van der Waals surface area (Å²) in [6.45, 7) is 1.80. The topological polar surface area (TPSA) is 56.7 Å². The summed E-state index contributed by atoms with van der Waals surface area (Å²) < 4.78 is 0. The summed E-state index contributed by atoms with van der Waals surface area (Å²) in [6.07, 6.45) is 2.26. The summed E-state index contributed by atoms with van der Waals surface area (Å²) in [5, 5.41) is 6.30. The third-order valence-corrected chi connectivity index (χ3v) is 4.41. The molecule has 1 aliphatic rings. The van der Waals surface area contributed by atoms with Gasteiger partial charge in [-0.25, -0.2) is 0 Å². The highest BCUT2D eigenvalue weighted by molar-refractivity contribution is 6.00. The van der Waals surface area contributed by atoms with E-state index in [1.165, 1.54) is 5.56 Å². The summed E-state index contributed by atoms with van der Waals surface area (Å²) in [7, 11) is 4.04. The van der Waals surface area contributed by atoms with Crippen molar-refractivity contribution in [3.8, 4) is 0 Å². The molecule has 0 spiro atoms. The Bertz CT molecular complexity index is 781. The first-order chi connectivity index (χ1) is 12.6. The Morgan fingerprint density at radius 3 is 2.69 bits per heavy atom. The van der Waals surface area contributed by atoms with Crippen LogP contribution < -0.4 is 15.5 Å². The number of aliphatic imine (C=N–C) groups is 1. The summed E-state index contributed by atoms with van der Waals surface area (Å²) in [6, 6.07) is 16.2. The molecule has 0 radical (unpaired) electrons. The van der Waals surface area contributed by atoms with Gasteiger partial charge < -0.3 is 15.5 Å². The van der Waals surface area contributed by atoms with Gasteiger partial charge in [0.25, 0.3) is 0 Å². The molecule has 3 rings (SSSR count). The Kier molecular flexibility index (Phi) is 5.89. The fourth-order valence-electron chi connectivity index (χ4n) is 2.91. The van der Waals surface area contributed by atoms with Crippen molar-refractivity contribution in [2.45, 2.75) is 19.3 Å². The summed E-state index contributed by atoms with van der Waals surface area (Å²) in [4.78, 5) is 18.9. The Morgan fingerprint density at radius 1 is 1.19 bits per heavy atom. The highest BCUT2D eigenvalue weighted by atomic mass is 16.1. The molecule has 5 heteroatoms. The fourth-order valence-corrected chi connectivity index (χ4v) is 2.91. The number of aryl methyl sites for hydroxylation is 1. The quantitative estimate of drug-likeness (QED) is 0.842. The molecule has 0 aromatic heterocycles. The summed E-state index contributed by atoms with van der Waals surface area (Å²) in [5.74, 6) is 0.936. The van der Waals surface area contributed by atoms with E-state index >= 15 is 0 Å². The Balaban J connectivity index is 1.55. The van der Waals surface area contributed by atoms with Crippen molar-refractivity contribution in [2.24, 2.45) is 4.99 Å². The van der Waals surface area contributed by atoms with Crippen LogP contribution in [0.1, 0.15) is 24.0 Å². The molecule has 1 heterocycles. The lowest BCUT2D eigenvalue weighted by atomic mass is 10.1. The zero-order valence-corrected chi connectivity index (χ0v) is 15.5. The average molecular weight is 350 g/mol. The molecule has 0 saturated carbocycles. The molecule has 2 aromatic rings. The van der Waals surface area contributed by atoms with Crippen molar-refractivity contribution in [1.82, 2.24) is 5.32 Å². The zero-order valence-electron chi connectivity index (χ0n) is 15.5. The van der Waals surface area contributed by atoms with E-state index in [9.17, 15) is 4.79 Å². The largest absolute Gasteiger partial charge is 0.378 e. The Hall–Kier alpha value is -2.82. The monoisotopic (exact) mass is 350 g/mol. The highest BCUT2D eigenvalue weighted by Gasteiger charge is 2.09. The molecule has 1 aliphatic heterocycles. The average Bonchev–Trinajstić information content (AvgIpc) is 2.67. The number of nitrogens with one attached hydrogen (secondary N) is 2. The number of carbonyl (C=O) groups excluding carboxylic acids is 1. The minimum atomic E-state index is 0.0254. The third-order valence-electron chi connectivity index (χ3n) is 4.41. The van der Waals surface area contributed by atoms with Gasteiger partial charge in [0.05, 0.1) is 0 Å². The molecule has 1 amide bonds. The maximum atomic E-state index is 12.3. The summed E-state index contributed by atoms with van der Waals surface area (Å²) in [5.41, 5.74) is 4.15. The minimum Gasteiger partial charge on any atom is -0.378 e. The number of rotatable bonds is 6. The second kappa shape index (κ2) is 8.52. The first-order valence-electron chi connectivity index (χ1n) is 9.07. The van der Waals surface area contributed by atoms with Crippen LogP contribution in [-0.2, 0) is 11.2 Å². The SMILES string of the molecule is CN(C)c1ccc(CCC(=O)Nc2cccc(C3=NCCCN3)c2)cc1. The van der Waals surface area contributed by atoms with Crippen LogP contribution in [0.4, 0.5) is 11.4 Å². The molecule has 2 aromatic carbocycles. The molecule has 5 nitrogen and oxygen atoms in total. The van der Waals surface area contributed by atoms with Crippen molar-refractivity contribution in [3.63, 3.8) is 0 Å². The van der Waals surface area contributed by atoms with Crippen LogP contribution in [0.3, 0.4) is 0 Å². The Labute approximate surface area is 155 Å². The number of anilines is 2. The van der Waals surface area contributed by atoms with Gasteiger partial charge in [0.2, 0.25) is 5.91 Å². The lowest BCUT2D eigenvalue weighted by molar-refractivity contribution is -0.116. The van der Waals surface area contributed by atoms with Gasteiger partial charge in [-0.15, -0.1) is 0 Å². The number of amidine groups is 1. The van der Waals surface area contributed by atoms with Crippen molar-refractivity contribution < 1.29 is 4.79 Å². The predicted molar refractivity (Wildman–Crippen MR) is 108 cm³/mol. The highest BCUT2D eigenvalue weighted by Crippen LogP contribution is 2.15. The molecule has 0 saturated heterocycles. The van der Waals surface area contributed by atoms with Gasteiger partial charge >= 0.3 is 0 Å². The minimum absolute atomic E-state index is 0.0254. The van der Waals surface area contributed by atoms with Gasteiger partial charge in [-0.1, -0.05) is 24.3 Å². The van der Waals surface area contributed by atoms with Crippen LogP contribution in [0.15, 0.2) is 53.5 Å². The van der Waals surface area contributed by atoms with Crippen LogP contribution in [0.5, 0.6) is 0 Å². The standard InChI is InChI=1S/C21H26N4O/c1-25(2)19-10-7-16(8-11-19)9-12-20(26)24-18-6-3-5-17(15-18)21-22-13-4-14-23-21/h3,5-8,10-11,15H,4,9,12-14H2,1-2H3,(H,22,23)(H,24,26). The predicted octanol–water partition coefficient (Wildman–Crippen LogP) is 3.06. The number of carbonyl (C=O) groups is 1. The molecule has 0 aliphatic carbocycles. The normalized spacial score (nSPS) is 13.5. The van der Waals surface area contributed by atoms with Gasteiger partial charge in [-0.2, -0.15) is 0 Å². The van der Waals surface area contributed by atoms with Crippen molar-refractivity contribution in [2.75, 3.05) is 37.4 Å². The fraction of sp³-hybridized carbons (Fsp3) is 0.333. The van der Waals surface area contributed by atoms with Gasteiger partial charge in [0.15, 0.2) is 0 Å². The van der Waals surface area contributed by atoms with Gasteiger partial charge in [0.1, 0.15) is 5.84 Å². The lowest BCUT2D eigenvalue weighted by Crippen LogP contribution is -2.30. The third kappa shape index (κ3) is 4.85. The van der Waals surface area contributed by atoms with Crippen molar-refractivity contribution in [1.29, 1.82) is 0 Å². The summed E-state index contributed by atoms with van der Waals surface area (Å²) >= 11 is 0. The second-order valence-electron chi connectivity index (χ2n) is 6.70. The van der Waals surface area contributed by atoms with E-state index in [1.54, 1.807) is 0 Å². The van der Waals surface area contributed by atoms with Crippen LogP contribution in [0, 0.1) is 0 Å². The van der Waals surface area contributed by atoms with Crippen LogP contribution in [0.2, 0.25) is 0 Å². The number of amides is 1. The van der Waals surface area contributed by atoms with Crippen molar-refractivity contribution >= 4 is 23.1 Å². The van der Waals surface area contributed by atoms with Crippen molar-refractivity contribution in [3.05, 3.63) is 59.7 Å². The van der Waals surface area contributed by atoms with E-state index in [-0.39, 0.29) is 5.91 Å². The molecule has 26 heavy (non-hydrogen) atoms. The second-order valence-corrected chi connectivity index (χ2v) is 6.70. The van der Waals surface area contributed by atoms with E-state index in [2.05, 4.69) is 44.8 Å². The smallest absolute Gasteiger partial charge is 0.224 e. The van der Waals surface area contributed by atoms with Gasteiger partial charge in [-0.3, -0.25) is 9.79 Å². The lowest BCUT2D eigenvalue weighted by Gasteiger charge is -2.15. The first kappa shape index (κ1) is 18.0. The maximum Gasteiger partial charge on any atom is 0.224 e. The van der Waals surface area contributed by atoms with Gasteiger partial charge in [0, 0.05) is 50.5 Å². The molecular weight excluding hydrogens is 324 g/mol. The van der Waals surface area contributed by atoms with E-state index in [1.807, 2.05) is 38.4 Å². The Morgan fingerprint density at radius 2 is 2.00 bits per heavy atom. The van der Waals surface area contributed by atoms with Crippen LogP contribution >= 0.6 is 0 Å². The molecule has 2 N–H and O–H groups in total. The number of hydrogen-bond donors (Lipinski definition) is 2. The molecule has 0 fully saturated rings. The van der Waals surface area contributed by atoms with Crippen LogP contribution in [-0.4, -0.2) is 38.9 Å². The zero-order chi connectivity index (χ0) is 18.4. The molecule has 0 atom stereocenters. The molecular formula is C21H26N4O.